The van der Waals surface area contributed by atoms with E-state index in [1.165, 1.54) is 0 Å². The maximum Gasteiger partial charge on any atom is 0.123 e. The van der Waals surface area contributed by atoms with Crippen LogP contribution in [0.5, 0.6) is 5.75 Å². The molecular formula is C16H22ClN3O. The Morgan fingerprint density at radius 3 is 2.76 bits per heavy atom. The SMILES string of the molecule is CCn1nc(C)c(Cl)c1CN[C@H](C)c1ccccc1OC. The lowest BCUT2D eigenvalue weighted by molar-refractivity contribution is 0.400. The van der Waals surface area contributed by atoms with Gasteiger partial charge in [-0.05, 0) is 26.8 Å². The summed E-state index contributed by atoms with van der Waals surface area (Å²) in [6.07, 6.45) is 0. The second kappa shape index (κ2) is 6.96. The number of para-hydroxylation sites is 1. The first-order chi connectivity index (χ1) is 10.1. The van der Waals surface area contributed by atoms with Crippen LogP contribution < -0.4 is 10.1 Å². The molecule has 0 spiro atoms. The third-order valence-electron chi connectivity index (χ3n) is 3.63. The maximum atomic E-state index is 6.33. The van der Waals surface area contributed by atoms with Crippen molar-refractivity contribution in [3.63, 3.8) is 0 Å². The van der Waals surface area contributed by atoms with Gasteiger partial charge in [-0.1, -0.05) is 29.8 Å². The predicted octanol–water partition coefficient (Wildman–Crippen LogP) is 3.72. The van der Waals surface area contributed by atoms with Crippen LogP contribution in [0.1, 0.15) is 36.8 Å². The molecule has 0 aliphatic carbocycles. The molecule has 1 N–H and O–H groups in total. The van der Waals surface area contributed by atoms with Gasteiger partial charge in [-0.15, -0.1) is 0 Å². The Bertz CT molecular complexity index is 610. The lowest BCUT2D eigenvalue weighted by Crippen LogP contribution is -2.21. The van der Waals surface area contributed by atoms with Crippen molar-refractivity contribution in [2.75, 3.05) is 7.11 Å². The molecule has 1 atom stereocenters. The van der Waals surface area contributed by atoms with Gasteiger partial charge >= 0.3 is 0 Å². The molecule has 0 aliphatic heterocycles. The van der Waals surface area contributed by atoms with Crippen molar-refractivity contribution in [2.24, 2.45) is 0 Å². The van der Waals surface area contributed by atoms with E-state index in [4.69, 9.17) is 16.3 Å². The summed E-state index contributed by atoms with van der Waals surface area (Å²) in [6.45, 7) is 7.60. The predicted molar refractivity (Wildman–Crippen MR) is 85.9 cm³/mol. The third-order valence-corrected chi connectivity index (χ3v) is 4.13. The minimum atomic E-state index is 0.165. The molecule has 21 heavy (non-hydrogen) atoms. The fourth-order valence-corrected chi connectivity index (χ4v) is 2.62. The number of aromatic nitrogens is 2. The van der Waals surface area contributed by atoms with Crippen LogP contribution in [0.2, 0.25) is 5.02 Å². The van der Waals surface area contributed by atoms with E-state index >= 15 is 0 Å². The van der Waals surface area contributed by atoms with E-state index in [0.717, 1.165) is 34.3 Å². The number of halogens is 1. The summed E-state index contributed by atoms with van der Waals surface area (Å²) < 4.78 is 7.35. The third kappa shape index (κ3) is 3.39. The van der Waals surface area contributed by atoms with Crippen molar-refractivity contribution in [3.8, 4) is 5.75 Å². The number of hydrogen-bond acceptors (Lipinski definition) is 3. The van der Waals surface area contributed by atoms with Gasteiger partial charge in [-0.3, -0.25) is 4.68 Å². The van der Waals surface area contributed by atoms with Crippen LogP contribution >= 0.6 is 11.6 Å². The minimum absolute atomic E-state index is 0.165. The van der Waals surface area contributed by atoms with E-state index in [1.807, 2.05) is 29.8 Å². The van der Waals surface area contributed by atoms with Crippen LogP contribution in [0.15, 0.2) is 24.3 Å². The number of nitrogens with one attached hydrogen (secondary N) is 1. The highest BCUT2D eigenvalue weighted by molar-refractivity contribution is 6.31. The molecule has 2 rings (SSSR count). The van der Waals surface area contributed by atoms with Crippen molar-refractivity contribution in [1.29, 1.82) is 0 Å². The summed E-state index contributed by atoms with van der Waals surface area (Å²) in [4.78, 5) is 0. The summed E-state index contributed by atoms with van der Waals surface area (Å²) in [5.74, 6) is 0.892. The van der Waals surface area contributed by atoms with Gasteiger partial charge in [-0.2, -0.15) is 5.10 Å². The largest absolute Gasteiger partial charge is 0.496 e. The Morgan fingerprint density at radius 1 is 1.38 bits per heavy atom. The molecule has 0 amide bonds. The lowest BCUT2D eigenvalue weighted by atomic mass is 10.1. The highest BCUT2D eigenvalue weighted by Gasteiger charge is 2.15. The Kier molecular flexibility index (Phi) is 5.26. The lowest BCUT2D eigenvalue weighted by Gasteiger charge is -2.17. The number of ether oxygens (including phenoxy) is 1. The molecule has 0 saturated heterocycles. The fourth-order valence-electron chi connectivity index (χ4n) is 2.42. The molecule has 0 unspecified atom stereocenters. The first kappa shape index (κ1) is 15.9. The normalized spacial score (nSPS) is 12.4. The number of nitrogens with zero attached hydrogens (tertiary/aromatic N) is 2. The number of benzene rings is 1. The van der Waals surface area contributed by atoms with E-state index in [2.05, 4.69) is 30.3 Å². The number of methoxy groups -OCH3 is 1. The Hall–Kier alpha value is -1.52. The molecule has 0 saturated carbocycles. The fraction of sp³-hybridized carbons (Fsp3) is 0.438. The highest BCUT2D eigenvalue weighted by atomic mass is 35.5. The molecule has 0 fully saturated rings. The molecule has 1 aromatic heterocycles. The van der Waals surface area contributed by atoms with Gasteiger partial charge in [-0.25, -0.2) is 0 Å². The molecule has 1 heterocycles. The molecule has 2 aromatic rings. The summed E-state index contributed by atoms with van der Waals surface area (Å²) in [5.41, 5.74) is 3.04. The summed E-state index contributed by atoms with van der Waals surface area (Å²) in [7, 11) is 1.69. The number of rotatable bonds is 6. The molecule has 114 valence electrons. The van der Waals surface area contributed by atoms with Crippen molar-refractivity contribution < 1.29 is 4.74 Å². The second-order valence-corrected chi connectivity index (χ2v) is 5.38. The van der Waals surface area contributed by atoms with E-state index in [0.29, 0.717) is 6.54 Å². The van der Waals surface area contributed by atoms with E-state index in [-0.39, 0.29) is 6.04 Å². The average Bonchev–Trinajstić information content (AvgIpc) is 2.79. The topological polar surface area (TPSA) is 39.1 Å². The molecule has 4 nitrogen and oxygen atoms in total. The standard InChI is InChI=1S/C16H22ClN3O/c1-5-20-14(16(17)12(3)19-20)10-18-11(2)13-8-6-7-9-15(13)21-4/h6-9,11,18H,5,10H2,1-4H3/t11-/m1/s1. The van der Waals surface area contributed by atoms with Gasteiger partial charge in [0, 0.05) is 24.7 Å². The van der Waals surface area contributed by atoms with E-state index in [9.17, 15) is 0 Å². The van der Waals surface area contributed by atoms with Gasteiger partial charge in [0.15, 0.2) is 0 Å². The van der Waals surface area contributed by atoms with Gasteiger partial charge in [0.2, 0.25) is 0 Å². The van der Waals surface area contributed by atoms with Crippen LogP contribution in [0.25, 0.3) is 0 Å². The van der Waals surface area contributed by atoms with Crippen molar-refractivity contribution in [2.45, 2.75) is 39.9 Å². The zero-order chi connectivity index (χ0) is 15.4. The molecule has 0 radical (unpaired) electrons. The molecule has 5 heteroatoms. The van der Waals surface area contributed by atoms with E-state index in [1.54, 1.807) is 7.11 Å². The Balaban J connectivity index is 2.13. The zero-order valence-corrected chi connectivity index (χ0v) is 13.7. The maximum absolute atomic E-state index is 6.33. The molecule has 1 aromatic carbocycles. The van der Waals surface area contributed by atoms with Crippen LogP contribution in [0, 0.1) is 6.92 Å². The monoisotopic (exact) mass is 307 g/mol. The van der Waals surface area contributed by atoms with Crippen molar-refractivity contribution >= 4 is 11.6 Å². The van der Waals surface area contributed by atoms with Crippen molar-refractivity contribution in [3.05, 3.63) is 46.2 Å². The van der Waals surface area contributed by atoms with E-state index < -0.39 is 0 Å². The molecular weight excluding hydrogens is 286 g/mol. The van der Waals surface area contributed by atoms with Gasteiger partial charge < -0.3 is 10.1 Å². The minimum Gasteiger partial charge on any atom is -0.496 e. The first-order valence-corrected chi connectivity index (χ1v) is 7.54. The second-order valence-electron chi connectivity index (χ2n) is 5.01. The molecule has 0 aliphatic rings. The highest BCUT2D eigenvalue weighted by Crippen LogP contribution is 2.26. The smallest absolute Gasteiger partial charge is 0.123 e. The van der Waals surface area contributed by atoms with Crippen LogP contribution in [0.3, 0.4) is 0 Å². The van der Waals surface area contributed by atoms with Crippen LogP contribution in [-0.4, -0.2) is 16.9 Å². The molecule has 0 bridgehead atoms. The number of aryl methyl sites for hydroxylation is 2. The Morgan fingerprint density at radius 2 is 2.10 bits per heavy atom. The van der Waals surface area contributed by atoms with Gasteiger partial charge in [0.1, 0.15) is 5.75 Å². The van der Waals surface area contributed by atoms with Gasteiger partial charge in [0.25, 0.3) is 0 Å². The average molecular weight is 308 g/mol. The van der Waals surface area contributed by atoms with Crippen molar-refractivity contribution in [1.82, 2.24) is 15.1 Å². The Labute approximate surface area is 131 Å². The summed E-state index contributed by atoms with van der Waals surface area (Å²) in [6, 6.07) is 8.20. The zero-order valence-electron chi connectivity index (χ0n) is 13.0. The summed E-state index contributed by atoms with van der Waals surface area (Å²) >= 11 is 6.33. The quantitative estimate of drug-likeness (QED) is 0.884. The van der Waals surface area contributed by atoms with Crippen LogP contribution in [-0.2, 0) is 13.1 Å². The van der Waals surface area contributed by atoms with Gasteiger partial charge in [0.05, 0.1) is 23.5 Å². The first-order valence-electron chi connectivity index (χ1n) is 7.16. The summed E-state index contributed by atoms with van der Waals surface area (Å²) in [5, 5.41) is 8.67. The number of hydrogen-bond donors (Lipinski definition) is 1. The van der Waals surface area contributed by atoms with Crippen LogP contribution in [0.4, 0.5) is 0 Å².